The van der Waals surface area contributed by atoms with Crippen LogP contribution in [-0.4, -0.2) is 74.2 Å². The van der Waals surface area contributed by atoms with Crippen molar-refractivity contribution in [2.45, 2.75) is 161 Å². The van der Waals surface area contributed by atoms with E-state index in [0.717, 1.165) is 127 Å². The van der Waals surface area contributed by atoms with Crippen LogP contribution in [0.2, 0.25) is 5.28 Å². The maximum atomic E-state index is 9.26. The summed E-state index contributed by atoms with van der Waals surface area (Å²) >= 11 is 6.31. The molecule has 12 rings (SSSR count). The summed E-state index contributed by atoms with van der Waals surface area (Å²) in [5.41, 5.74) is 10.6. The summed E-state index contributed by atoms with van der Waals surface area (Å²) in [6.45, 7) is 8.39. The normalized spacial score (nSPS) is 24.0. The van der Waals surface area contributed by atoms with E-state index in [1.807, 2.05) is 0 Å². The number of hydrogen-bond donors (Lipinski definition) is 1. The number of fused-ring (bicyclic) bond motifs is 4. The Labute approximate surface area is 422 Å². The molecule has 4 fully saturated rings. The lowest BCUT2D eigenvalue weighted by Gasteiger charge is -2.34. The summed E-state index contributed by atoms with van der Waals surface area (Å²) in [6, 6.07) is 23.9. The van der Waals surface area contributed by atoms with Crippen molar-refractivity contribution in [3.63, 3.8) is 0 Å². The lowest BCUT2D eigenvalue weighted by molar-refractivity contribution is 0.198. The van der Waals surface area contributed by atoms with Crippen LogP contribution >= 0.6 is 11.6 Å². The van der Waals surface area contributed by atoms with Gasteiger partial charge in [-0.05, 0) is 135 Å². The molecule has 1 N–H and O–H groups in total. The third-order valence-corrected chi connectivity index (χ3v) is 16.8. The molecule has 2 unspecified atom stereocenters. The van der Waals surface area contributed by atoms with Gasteiger partial charge in [-0.2, -0.15) is 20.5 Å². The predicted molar refractivity (Wildman–Crippen MR) is 276 cm³/mol. The number of halogens is 1. The lowest BCUT2D eigenvalue weighted by Crippen LogP contribution is -2.36. The molecule has 4 aliphatic carbocycles. The molecule has 2 aromatic carbocycles. The molecule has 12 nitrogen and oxygen atoms in total. The Morgan fingerprint density at radius 2 is 1.07 bits per heavy atom. The minimum absolute atomic E-state index is 0. The first-order valence-electron chi connectivity index (χ1n) is 26.5. The number of piperidine rings is 2. The van der Waals surface area contributed by atoms with Gasteiger partial charge in [-0.15, -0.1) is 0 Å². The van der Waals surface area contributed by atoms with Gasteiger partial charge < -0.3 is 19.6 Å². The van der Waals surface area contributed by atoms with Gasteiger partial charge >= 0.3 is 6.01 Å². The molecule has 8 aliphatic rings. The van der Waals surface area contributed by atoms with Gasteiger partial charge in [0.1, 0.15) is 11.6 Å². The number of aryl methyl sites for hydroxylation is 2. The van der Waals surface area contributed by atoms with Crippen molar-refractivity contribution in [2.75, 3.05) is 49.2 Å². The van der Waals surface area contributed by atoms with E-state index in [1.54, 1.807) is 0 Å². The molecule has 2 saturated heterocycles. The van der Waals surface area contributed by atoms with Gasteiger partial charge in [0.25, 0.3) is 0 Å². The van der Waals surface area contributed by atoms with Crippen molar-refractivity contribution in [3.8, 4) is 18.1 Å². The molecule has 0 amide bonds. The largest absolute Gasteiger partial charge is 0.463 e. The standard InChI is InChI=1S/C28H35N5O.C22H24ClN5.C6H12O.CH4/c29-14-13-20-8-5-15-32(16-20)27-24-17-33(26-12-11-22-9-3-4-10-23(22)26)18-25(24)30-28(31-27)34-19-21-6-1-2-7-21;23-22-25-19-14-28(20-8-7-16-5-1-2-6-17(16)20)13-18(19)21(26-22)27-11-3-4-15(12-27)9-10-24;7-5-6-3-1-2-4-6;/h3-4,9-10,20-21,26H,1-2,5-8,11-13,15-19H2;1-2,5-6,15,20H,3-4,7-9,11-14H2;6-7H,1-5H2;1H4/t20-,26?;15-,20?;;/m00../s1. The zero-order chi connectivity index (χ0) is 47.1. The molecule has 4 atom stereocenters. The molecule has 372 valence electrons. The van der Waals surface area contributed by atoms with Crippen LogP contribution in [0.25, 0.3) is 0 Å². The third kappa shape index (κ3) is 11.4. The van der Waals surface area contributed by atoms with Crippen LogP contribution in [0.4, 0.5) is 11.6 Å². The maximum absolute atomic E-state index is 9.26. The van der Waals surface area contributed by atoms with Crippen LogP contribution < -0.4 is 14.5 Å². The van der Waals surface area contributed by atoms with Gasteiger partial charge in [0.2, 0.25) is 5.28 Å². The highest BCUT2D eigenvalue weighted by Crippen LogP contribution is 2.44. The number of aliphatic hydroxyl groups is 1. The highest BCUT2D eigenvalue weighted by Gasteiger charge is 2.38. The Kier molecular flexibility index (Phi) is 16.9. The first kappa shape index (κ1) is 50.1. The molecule has 2 saturated carbocycles. The fourth-order valence-corrected chi connectivity index (χ4v) is 13.2. The summed E-state index contributed by atoms with van der Waals surface area (Å²) < 4.78 is 6.22. The van der Waals surface area contributed by atoms with Gasteiger partial charge in [0.15, 0.2) is 0 Å². The monoisotopic (exact) mass is 967 g/mol. The van der Waals surface area contributed by atoms with Gasteiger partial charge in [0.05, 0.1) is 30.1 Å². The van der Waals surface area contributed by atoms with Crippen LogP contribution in [0.15, 0.2) is 48.5 Å². The van der Waals surface area contributed by atoms with Gasteiger partial charge in [-0.25, -0.2) is 9.97 Å². The van der Waals surface area contributed by atoms with E-state index >= 15 is 0 Å². The van der Waals surface area contributed by atoms with Gasteiger partial charge in [-0.1, -0.05) is 81.6 Å². The molecule has 0 spiro atoms. The Balaban J connectivity index is 0.000000153. The topological polar surface area (TPSA) is 142 Å². The number of ether oxygens (including phenoxy) is 1. The van der Waals surface area contributed by atoms with Crippen LogP contribution in [0.1, 0.15) is 167 Å². The number of benzene rings is 2. The summed E-state index contributed by atoms with van der Waals surface area (Å²) in [7, 11) is 0. The second kappa shape index (κ2) is 23.6. The van der Waals surface area contributed by atoms with Crippen molar-refractivity contribution in [3.05, 3.63) is 98.6 Å². The highest BCUT2D eigenvalue weighted by atomic mass is 35.5. The molecular weight excluding hydrogens is 892 g/mol. The maximum Gasteiger partial charge on any atom is 0.318 e. The smallest absolute Gasteiger partial charge is 0.318 e. The lowest BCUT2D eigenvalue weighted by atomic mass is 9.95. The first-order chi connectivity index (χ1) is 33.9. The van der Waals surface area contributed by atoms with Crippen LogP contribution in [0.5, 0.6) is 6.01 Å². The van der Waals surface area contributed by atoms with Crippen LogP contribution in [0.3, 0.4) is 0 Å². The fourth-order valence-electron chi connectivity index (χ4n) is 13.0. The highest BCUT2D eigenvalue weighted by molar-refractivity contribution is 6.28. The predicted octanol–water partition coefficient (Wildman–Crippen LogP) is 11.2. The van der Waals surface area contributed by atoms with E-state index in [1.165, 1.54) is 91.2 Å². The number of anilines is 2. The SMILES string of the molecule is C.N#CC[C@@H]1CCCN(c2nc(Cl)nc3c2CN(C2CCc4ccccc42)C3)C1.N#CC[C@@H]1CCCN(c2nc(OCC3CCCC3)nc3c2CN(C2CCc4ccccc42)C3)C1.OCC1CCCC1. The van der Waals surface area contributed by atoms with Crippen molar-refractivity contribution in [2.24, 2.45) is 23.7 Å². The van der Waals surface area contributed by atoms with Crippen molar-refractivity contribution in [1.82, 2.24) is 29.7 Å². The van der Waals surface area contributed by atoms with E-state index in [-0.39, 0.29) is 7.43 Å². The summed E-state index contributed by atoms with van der Waals surface area (Å²) in [5, 5.41) is 27.3. The molecule has 4 aliphatic heterocycles. The number of rotatable bonds is 10. The molecule has 13 heteroatoms. The molecular formula is C57H75ClN10O2. The quantitative estimate of drug-likeness (QED) is 0.151. The molecule has 4 aromatic rings. The Hall–Kier alpha value is -4.85. The molecule has 2 aromatic heterocycles. The van der Waals surface area contributed by atoms with E-state index in [2.05, 4.69) is 90.2 Å². The average Bonchev–Trinajstić information content (AvgIpc) is 4.25. The zero-order valence-electron chi connectivity index (χ0n) is 40.6. The number of hydrogen-bond acceptors (Lipinski definition) is 12. The minimum Gasteiger partial charge on any atom is -0.463 e. The second-order valence-electron chi connectivity index (χ2n) is 21.2. The number of aromatic nitrogens is 4. The van der Waals surface area contributed by atoms with E-state index in [4.69, 9.17) is 36.7 Å². The van der Waals surface area contributed by atoms with Crippen molar-refractivity contribution in [1.29, 1.82) is 10.5 Å². The molecule has 6 heterocycles. The fraction of sp³-hybridized carbons (Fsp3) is 0.614. The number of nitriles is 2. The minimum atomic E-state index is 0. The van der Waals surface area contributed by atoms with E-state index in [9.17, 15) is 5.26 Å². The molecule has 0 bridgehead atoms. The first-order valence-corrected chi connectivity index (χ1v) is 26.9. The van der Waals surface area contributed by atoms with Gasteiger partial charge in [0, 0.05) is 95.0 Å². The van der Waals surface area contributed by atoms with E-state index in [0.29, 0.717) is 66.5 Å². The number of nitrogens with zero attached hydrogens (tertiary/aromatic N) is 10. The van der Waals surface area contributed by atoms with E-state index < -0.39 is 0 Å². The Bertz CT molecular complexity index is 2480. The zero-order valence-corrected chi connectivity index (χ0v) is 41.3. The molecule has 70 heavy (non-hydrogen) atoms. The second-order valence-corrected chi connectivity index (χ2v) is 21.6. The Morgan fingerprint density at radius 1 is 0.586 bits per heavy atom. The molecule has 0 radical (unpaired) electrons. The van der Waals surface area contributed by atoms with Crippen molar-refractivity contribution >= 4 is 23.2 Å². The van der Waals surface area contributed by atoms with Crippen LogP contribution in [0, 0.1) is 46.3 Å². The van der Waals surface area contributed by atoms with Crippen LogP contribution in [-0.2, 0) is 39.0 Å². The Morgan fingerprint density at radius 3 is 1.59 bits per heavy atom. The summed E-state index contributed by atoms with van der Waals surface area (Å²) in [6.07, 6.45) is 20.7. The van der Waals surface area contributed by atoms with Crippen molar-refractivity contribution < 1.29 is 9.84 Å². The average molecular weight is 968 g/mol. The number of aliphatic hydroxyl groups excluding tert-OH is 1. The summed E-state index contributed by atoms with van der Waals surface area (Å²) in [5.74, 6) is 4.19. The van der Waals surface area contributed by atoms with Gasteiger partial charge in [-0.3, -0.25) is 9.80 Å². The summed E-state index contributed by atoms with van der Waals surface area (Å²) in [4.78, 5) is 29.0. The third-order valence-electron chi connectivity index (χ3n) is 16.7.